The van der Waals surface area contributed by atoms with Gasteiger partial charge in [0, 0.05) is 24.3 Å². The third-order valence-electron chi connectivity index (χ3n) is 6.27. The summed E-state index contributed by atoms with van der Waals surface area (Å²) in [5.74, 6) is 1.87. The number of nitrogens with one attached hydrogen (secondary N) is 1. The van der Waals surface area contributed by atoms with Crippen molar-refractivity contribution in [2.75, 3.05) is 19.0 Å². The molecule has 0 spiro atoms. The largest absolute Gasteiger partial charge is 0.494 e. The zero-order valence-electron chi connectivity index (χ0n) is 21.5. The van der Waals surface area contributed by atoms with Crippen LogP contribution in [0.4, 0.5) is 10.5 Å². The summed E-state index contributed by atoms with van der Waals surface area (Å²) < 4.78 is 13.1. The van der Waals surface area contributed by atoms with Gasteiger partial charge in [0.1, 0.15) is 17.2 Å². The molecule has 35 heavy (non-hydrogen) atoms. The number of carbonyl (C=O) groups excluding carboxylic acids is 1. The summed E-state index contributed by atoms with van der Waals surface area (Å²) in [7, 11) is 1.60. The van der Waals surface area contributed by atoms with E-state index in [9.17, 15) is 4.79 Å². The fourth-order valence-corrected chi connectivity index (χ4v) is 4.19. The molecule has 0 unspecified atom stereocenters. The summed E-state index contributed by atoms with van der Waals surface area (Å²) >= 11 is 0. The highest BCUT2D eigenvalue weighted by Crippen LogP contribution is 2.34. The minimum absolute atomic E-state index is 0.113. The Labute approximate surface area is 207 Å². The molecular formula is C27H35N5O3. The van der Waals surface area contributed by atoms with Gasteiger partial charge in [-0.3, -0.25) is 0 Å². The molecule has 1 fully saturated rings. The number of aryl methyl sites for hydroxylation is 2. The lowest BCUT2D eigenvalue weighted by atomic mass is 9.96. The van der Waals surface area contributed by atoms with Gasteiger partial charge in [0.05, 0.1) is 25.6 Å². The number of methoxy groups -OCH3 is 1. The molecule has 1 aromatic heterocycles. The zero-order chi connectivity index (χ0) is 25.1. The van der Waals surface area contributed by atoms with Crippen molar-refractivity contribution in [1.29, 1.82) is 0 Å². The van der Waals surface area contributed by atoms with Gasteiger partial charge in [-0.2, -0.15) is 0 Å². The van der Waals surface area contributed by atoms with Crippen molar-refractivity contribution in [2.45, 2.75) is 66.0 Å². The van der Waals surface area contributed by atoms with Gasteiger partial charge in [-0.15, -0.1) is 5.10 Å². The summed E-state index contributed by atoms with van der Waals surface area (Å²) in [5.41, 5.74) is 5.70. The molecule has 0 saturated heterocycles. The monoisotopic (exact) mass is 477 g/mol. The highest BCUT2D eigenvalue weighted by molar-refractivity contribution is 5.90. The van der Waals surface area contributed by atoms with Crippen LogP contribution in [0.5, 0.6) is 11.5 Å². The van der Waals surface area contributed by atoms with Gasteiger partial charge in [-0.05, 0) is 80.5 Å². The number of urea groups is 1. The van der Waals surface area contributed by atoms with Gasteiger partial charge in [-0.1, -0.05) is 19.1 Å². The van der Waals surface area contributed by atoms with Crippen LogP contribution < -0.4 is 14.8 Å². The average Bonchev–Trinajstić information content (AvgIpc) is 3.57. The second kappa shape index (κ2) is 10.4. The number of aromatic nitrogens is 3. The van der Waals surface area contributed by atoms with Crippen LogP contribution in [-0.4, -0.2) is 45.7 Å². The summed E-state index contributed by atoms with van der Waals surface area (Å²) in [5, 5.41) is 11.2. The molecule has 0 bridgehead atoms. The van der Waals surface area contributed by atoms with Crippen LogP contribution in [0, 0.1) is 13.8 Å². The van der Waals surface area contributed by atoms with E-state index in [0.29, 0.717) is 30.5 Å². The molecule has 4 rings (SSSR count). The molecule has 1 aliphatic carbocycles. The third kappa shape index (κ3) is 5.58. The van der Waals surface area contributed by atoms with Gasteiger partial charge in [0.2, 0.25) is 0 Å². The maximum atomic E-state index is 13.4. The maximum absolute atomic E-state index is 13.4. The summed E-state index contributed by atoms with van der Waals surface area (Å²) in [6, 6.07) is 9.99. The fraction of sp³-hybridized carbons (Fsp3) is 0.444. The summed E-state index contributed by atoms with van der Waals surface area (Å²) in [6.45, 7) is 11.5. The predicted octanol–water partition coefficient (Wildman–Crippen LogP) is 5.61. The highest BCUT2D eigenvalue weighted by Gasteiger charge is 2.33. The van der Waals surface area contributed by atoms with Crippen LogP contribution in [0.25, 0.3) is 5.69 Å². The molecule has 8 nitrogen and oxygen atoms in total. The van der Waals surface area contributed by atoms with E-state index in [4.69, 9.17) is 9.47 Å². The van der Waals surface area contributed by atoms with Crippen molar-refractivity contribution in [3.05, 3.63) is 58.9 Å². The normalized spacial score (nSPS) is 13.1. The lowest BCUT2D eigenvalue weighted by Crippen LogP contribution is -2.36. The van der Waals surface area contributed by atoms with Crippen molar-refractivity contribution in [2.24, 2.45) is 0 Å². The van der Waals surface area contributed by atoms with E-state index in [0.717, 1.165) is 41.1 Å². The van der Waals surface area contributed by atoms with Crippen LogP contribution in [0.15, 0.2) is 36.5 Å². The number of rotatable bonds is 9. The van der Waals surface area contributed by atoms with E-state index in [1.165, 1.54) is 5.56 Å². The molecule has 3 aromatic rings. The molecule has 0 radical (unpaired) electrons. The van der Waals surface area contributed by atoms with Crippen molar-refractivity contribution >= 4 is 11.7 Å². The minimum Gasteiger partial charge on any atom is -0.494 e. The second-order valence-electron chi connectivity index (χ2n) is 9.38. The predicted molar refractivity (Wildman–Crippen MR) is 137 cm³/mol. The summed E-state index contributed by atoms with van der Waals surface area (Å²) in [4.78, 5) is 15.3. The molecule has 2 aromatic carbocycles. The standard InChI is InChI=1S/C27H35N5O3/c1-7-35-25-12-18(4)20(13-23(25)17(2)3)16-31(22-9-10-22)27(33)28-21-8-11-24(26(14-21)34-6)32-15-19(5)29-30-32/h8,11-15,17,22H,7,9-10,16H2,1-6H3,(H,28,33). The topological polar surface area (TPSA) is 81.5 Å². The van der Waals surface area contributed by atoms with E-state index in [-0.39, 0.29) is 12.1 Å². The van der Waals surface area contributed by atoms with Gasteiger partial charge in [-0.25, -0.2) is 9.48 Å². The number of nitrogens with zero attached hydrogens (tertiary/aromatic N) is 4. The Morgan fingerprint density at radius 2 is 1.97 bits per heavy atom. The quantitative estimate of drug-likeness (QED) is 0.433. The van der Waals surface area contributed by atoms with E-state index in [1.54, 1.807) is 11.8 Å². The van der Waals surface area contributed by atoms with E-state index >= 15 is 0 Å². The molecule has 1 saturated carbocycles. The van der Waals surface area contributed by atoms with Crippen LogP contribution in [0.3, 0.4) is 0 Å². The molecule has 8 heteroatoms. The van der Waals surface area contributed by atoms with Crippen molar-refractivity contribution < 1.29 is 14.3 Å². The zero-order valence-corrected chi connectivity index (χ0v) is 21.5. The highest BCUT2D eigenvalue weighted by atomic mass is 16.5. The number of carbonyl (C=O) groups is 1. The van der Waals surface area contributed by atoms with Crippen LogP contribution >= 0.6 is 0 Å². The first kappa shape index (κ1) is 24.6. The average molecular weight is 478 g/mol. The van der Waals surface area contributed by atoms with E-state index < -0.39 is 0 Å². The van der Waals surface area contributed by atoms with E-state index in [2.05, 4.69) is 48.5 Å². The Hall–Kier alpha value is -3.55. The maximum Gasteiger partial charge on any atom is 0.322 e. The smallest absolute Gasteiger partial charge is 0.322 e. The van der Waals surface area contributed by atoms with Crippen LogP contribution in [0.2, 0.25) is 0 Å². The Balaban J connectivity index is 1.55. The molecule has 2 amide bonds. The van der Waals surface area contributed by atoms with Crippen LogP contribution in [0.1, 0.15) is 61.9 Å². The molecule has 0 aliphatic heterocycles. The first-order chi connectivity index (χ1) is 16.8. The van der Waals surface area contributed by atoms with Crippen LogP contribution in [-0.2, 0) is 6.54 Å². The van der Waals surface area contributed by atoms with Gasteiger partial charge in [0.25, 0.3) is 0 Å². The number of anilines is 1. The number of amides is 2. The molecule has 1 N–H and O–H groups in total. The number of hydrogen-bond donors (Lipinski definition) is 1. The van der Waals surface area contributed by atoms with Gasteiger partial charge >= 0.3 is 6.03 Å². The first-order valence-corrected chi connectivity index (χ1v) is 12.2. The number of benzene rings is 2. The fourth-order valence-electron chi connectivity index (χ4n) is 4.19. The first-order valence-electron chi connectivity index (χ1n) is 12.2. The second-order valence-corrected chi connectivity index (χ2v) is 9.38. The number of ether oxygens (including phenoxy) is 2. The number of hydrogen-bond acceptors (Lipinski definition) is 5. The Bertz CT molecular complexity index is 1200. The lowest BCUT2D eigenvalue weighted by Gasteiger charge is -2.25. The minimum atomic E-state index is -0.113. The van der Waals surface area contributed by atoms with Crippen molar-refractivity contribution in [3.63, 3.8) is 0 Å². The van der Waals surface area contributed by atoms with Crippen molar-refractivity contribution in [3.8, 4) is 17.2 Å². The Morgan fingerprint density at radius 1 is 1.20 bits per heavy atom. The molecular weight excluding hydrogens is 442 g/mol. The van der Waals surface area contributed by atoms with Gasteiger partial charge < -0.3 is 19.7 Å². The van der Waals surface area contributed by atoms with Crippen molar-refractivity contribution in [1.82, 2.24) is 19.9 Å². The Morgan fingerprint density at radius 3 is 2.57 bits per heavy atom. The van der Waals surface area contributed by atoms with E-state index in [1.807, 2.05) is 43.1 Å². The lowest BCUT2D eigenvalue weighted by molar-refractivity contribution is 0.206. The molecule has 0 atom stereocenters. The molecule has 186 valence electrons. The third-order valence-corrected chi connectivity index (χ3v) is 6.27. The molecule has 1 heterocycles. The van der Waals surface area contributed by atoms with Gasteiger partial charge in [0.15, 0.2) is 0 Å². The Kier molecular flexibility index (Phi) is 7.28. The SMILES string of the molecule is CCOc1cc(C)c(CN(C(=O)Nc2ccc(-n3cc(C)nn3)c(OC)c2)C2CC2)cc1C(C)C. The summed E-state index contributed by atoms with van der Waals surface area (Å²) in [6.07, 6.45) is 3.87. The molecule has 1 aliphatic rings.